The molecule has 0 aliphatic carbocycles. The van der Waals surface area contributed by atoms with E-state index in [2.05, 4.69) is 30.9 Å². The van der Waals surface area contributed by atoms with Crippen molar-refractivity contribution in [3.8, 4) is 11.5 Å². The summed E-state index contributed by atoms with van der Waals surface area (Å²) in [6, 6.07) is 15.1. The average Bonchev–Trinajstić information content (AvgIpc) is 2.78. The molecule has 33 heavy (non-hydrogen) atoms. The second-order valence-corrected chi connectivity index (χ2v) is 7.83. The van der Waals surface area contributed by atoms with Crippen LogP contribution in [0.1, 0.15) is 17.0 Å². The molecule has 1 heterocycles. The Kier molecular flexibility index (Phi) is 8.39. The molecule has 2 aromatic carbocycles. The molecule has 0 aliphatic rings. The number of aliphatic imine (C=N–C) groups is 1. The fraction of sp³-hybridized carbons (Fsp3) is 0.217. The number of guanidine groups is 1. The largest absolute Gasteiger partial charge is 0.495 e. The summed E-state index contributed by atoms with van der Waals surface area (Å²) in [5.74, 6) is 1.81. The SMILES string of the molecule is COc1cc(NC(=S)NC(=NCc2ccccc2)Nc2nc(C)cc(C)n2)c(OC)cc1Cl. The van der Waals surface area contributed by atoms with Crippen LogP contribution in [0, 0.1) is 13.8 Å². The summed E-state index contributed by atoms with van der Waals surface area (Å²) in [7, 11) is 3.08. The number of aromatic nitrogens is 2. The standard InChI is InChI=1S/C23H25ClN6O2S/c1-14-10-15(2)27-22(26-14)29-21(25-13-16-8-6-5-7-9-16)30-23(33)28-18-12-19(31-3)17(24)11-20(18)32-4/h5-12H,13H2,1-4H3,(H3,25,26,27,28,29,30,33). The van der Waals surface area contributed by atoms with Gasteiger partial charge in [0, 0.05) is 23.5 Å². The molecule has 3 aromatic rings. The van der Waals surface area contributed by atoms with Crippen LogP contribution in [-0.2, 0) is 6.54 Å². The number of hydrogen-bond acceptors (Lipinski definition) is 6. The first-order chi connectivity index (χ1) is 15.9. The predicted molar refractivity (Wildman–Crippen MR) is 137 cm³/mol. The number of ether oxygens (including phenoxy) is 2. The van der Waals surface area contributed by atoms with Gasteiger partial charge in [0.2, 0.25) is 11.9 Å². The normalized spacial score (nSPS) is 11.0. The van der Waals surface area contributed by atoms with Gasteiger partial charge >= 0.3 is 0 Å². The molecule has 1 aromatic heterocycles. The first kappa shape index (κ1) is 24.2. The minimum Gasteiger partial charge on any atom is -0.495 e. The molecule has 0 atom stereocenters. The van der Waals surface area contributed by atoms with Gasteiger partial charge < -0.3 is 20.1 Å². The number of halogens is 1. The Hall–Kier alpha value is -3.43. The summed E-state index contributed by atoms with van der Waals surface area (Å²) < 4.78 is 10.7. The number of anilines is 2. The highest BCUT2D eigenvalue weighted by molar-refractivity contribution is 7.80. The van der Waals surface area contributed by atoms with E-state index in [1.807, 2.05) is 50.2 Å². The lowest BCUT2D eigenvalue weighted by atomic mass is 10.2. The number of rotatable bonds is 6. The van der Waals surface area contributed by atoms with Gasteiger partial charge in [-0.05, 0) is 37.7 Å². The van der Waals surface area contributed by atoms with E-state index in [4.69, 9.17) is 33.3 Å². The minimum absolute atomic E-state index is 0.279. The van der Waals surface area contributed by atoms with Gasteiger partial charge in [-0.3, -0.25) is 5.32 Å². The van der Waals surface area contributed by atoms with Gasteiger partial charge in [-0.25, -0.2) is 15.0 Å². The summed E-state index contributed by atoms with van der Waals surface area (Å²) in [4.78, 5) is 13.5. The number of methoxy groups -OCH3 is 2. The van der Waals surface area contributed by atoms with Gasteiger partial charge in [-0.15, -0.1) is 0 Å². The molecule has 0 saturated carbocycles. The third-order valence-electron chi connectivity index (χ3n) is 4.43. The molecule has 0 amide bonds. The van der Waals surface area contributed by atoms with Crippen molar-refractivity contribution in [2.75, 3.05) is 24.9 Å². The summed E-state index contributed by atoms with van der Waals surface area (Å²) in [5.41, 5.74) is 3.31. The zero-order chi connectivity index (χ0) is 23.8. The molecule has 3 N–H and O–H groups in total. The molecule has 10 heteroatoms. The molecule has 0 radical (unpaired) electrons. The highest BCUT2D eigenvalue weighted by Gasteiger charge is 2.13. The molecular formula is C23H25ClN6O2S. The lowest BCUT2D eigenvalue weighted by molar-refractivity contribution is 0.405. The fourth-order valence-corrected chi connectivity index (χ4v) is 3.41. The molecule has 3 rings (SSSR count). The van der Waals surface area contributed by atoms with E-state index in [1.165, 1.54) is 7.11 Å². The quantitative estimate of drug-likeness (QED) is 0.263. The smallest absolute Gasteiger partial charge is 0.229 e. The van der Waals surface area contributed by atoms with E-state index in [1.54, 1.807) is 19.2 Å². The number of nitrogens with one attached hydrogen (secondary N) is 3. The van der Waals surface area contributed by atoms with Crippen LogP contribution in [0.3, 0.4) is 0 Å². The Labute approximate surface area is 203 Å². The van der Waals surface area contributed by atoms with E-state index in [0.29, 0.717) is 40.7 Å². The Morgan fingerprint density at radius 1 is 0.970 bits per heavy atom. The third-order valence-corrected chi connectivity index (χ3v) is 4.93. The molecule has 0 saturated heterocycles. The first-order valence-corrected chi connectivity index (χ1v) is 10.8. The van der Waals surface area contributed by atoms with E-state index in [9.17, 15) is 0 Å². The summed E-state index contributed by atoms with van der Waals surface area (Å²) in [5, 5.41) is 10.00. The monoisotopic (exact) mass is 484 g/mol. The zero-order valence-corrected chi connectivity index (χ0v) is 20.3. The van der Waals surface area contributed by atoms with Gasteiger partial charge in [-0.1, -0.05) is 41.9 Å². The van der Waals surface area contributed by atoms with Crippen molar-refractivity contribution in [3.63, 3.8) is 0 Å². The summed E-state index contributed by atoms with van der Waals surface area (Å²) in [6.45, 7) is 4.24. The molecule has 172 valence electrons. The van der Waals surface area contributed by atoms with Gasteiger partial charge in [0.25, 0.3) is 0 Å². The Balaban J connectivity index is 1.82. The fourth-order valence-electron chi connectivity index (χ4n) is 2.97. The van der Waals surface area contributed by atoms with Crippen LogP contribution in [0.2, 0.25) is 5.02 Å². The van der Waals surface area contributed by atoms with Crippen LogP contribution in [0.5, 0.6) is 11.5 Å². The number of nitrogens with zero attached hydrogens (tertiary/aromatic N) is 3. The maximum Gasteiger partial charge on any atom is 0.229 e. The zero-order valence-electron chi connectivity index (χ0n) is 18.8. The van der Waals surface area contributed by atoms with Gasteiger partial charge in [0.05, 0.1) is 31.5 Å². The van der Waals surface area contributed by atoms with Gasteiger partial charge in [-0.2, -0.15) is 0 Å². The second-order valence-electron chi connectivity index (χ2n) is 7.02. The van der Waals surface area contributed by atoms with Gasteiger partial charge in [0.15, 0.2) is 5.11 Å². The van der Waals surface area contributed by atoms with Crippen LogP contribution in [0.25, 0.3) is 0 Å². The Morgan fingerprint density at radius 3 is 2.27 bits per heavy atom. The van der Waals surface area contributed by atoms with Crippen molar-refractivity contribution in [3.05, 3.63) is 70.5 Å². The Bertz CT molecular complexity index is 1140. The van der Waals surface area contributed by atoms with Crippen molar-refractivity contribution in [2.24, 2.45) is 4.99 Å². The van der Waals surface area contributed by atoms with Crippen LogP contribution in [0.4, 0.5) is 11.6 Å². The second kappa shape index (κ2) is 11.4. The van der Waals surface area contributed by atoms with E-state index >= 15 is 0 Å². The van der Waals surface area contributed by atoms with Crippen molar-refractivity contribution >= 4 is 46.5 Å². The van der Waals surface area contributed by atoms with Crippen LogP contribution >= 0.6 is 23.8 Å². The minimum atomic E-state index is 0.279. The van der Waals surface area contributed by atoms with Crippen LogP contribution in [0.15, 0.2) is 53.5 Å². The maximum atomic E-state index is 6.19. The number of benzene rings is 2. The Morgan fingerprint density at radius 2 is 1.64 bits per heavy atom. The molecule has 0 aliphatic heterocycles. The number of thiocarbonyl (C=S) groups is 1. The molecule has 0 spiro atoms. The van der Waals surface area contributed by atoms with Crippen molar-refractivity contribution < 1.29 is 9.47 Å². The number of hydrogen-bond donors (Lipinski definition) is 3. The topological polar surface area (TPSA) is 92.7 Å². The van der Waals surface area contributed by atoms with Crippen molar-refractivity contribution in [1.29, 1.82) is 0 Å². The predicted octanol–water partition coefficient (Wildman–Crippen LogP) is 4.72. The molecule has 0 unspecified atom stereocenters. The molecular weight excluding hydrogens is 460 g/mol. The summed E-state index contributed by atoms with van der Waals surface area (Å²) >= 11 is 11.7. The maximum absolute atomic E-state index is 6.19. The number of aryl methyl sites for hydroxylation is 2. The van der Waals surface area contributed by atoms with Gasteiger partial charge in [0.1, 0.15) is 11.5 Å². The van der Waals surface area contributed by atoms with Crippen molar-refractivity contribution in [2.45, 2.75) is 20.4 Å². The average molecular weight is 485 g/mol. The first-order valence-electron chi connectivity index (χ1n) is 10.0. The van der Waals surface area contributed by atoms with Crippen molar-refractivity contribution in [1.82, 2.24) is 15.3 Å². The molecule has 8 nitrogen and oxygen atoms in total. The van der Waals surface area contributed by atoms with Crippen LogP contribution < -0.4 is 25.4 Å². The lowest BCUT2D eigenvalue weighted by Crippen LogP contribution is -2.39. The lowest BCUT2D eigenvalue weighted by Gasteiger charge is -2.17. The summed E-state index contributed by atoms with van der Waals surface area (Å²) in [6.07, 6.45) is 0. The van der Waals surface area contributed by atoms with E-state index in [-0.39, 0.29) is 5.11 Å². The molecule has 0 bridgehead atoms. The third kappa shape index (κ3) is 7.03. The van der Waals surface area contributed by atoms with E-state index in [0.717, 1.165) is 17.0 Å². The highest BCUT2D eigenvalue weighted by atomic mass is 35.5. The van der Waals surface area contributed by atoms with E-state index < -0.39 is 0 Å². The van der Waals surface area contributed by atoms with Crippen LogP contribution in [-0.4, -0.2) is 35.3 Å². The molecule has 0 fully saturated rings. The highest BCUT2D eigenvalue weighted by Crippen LogP contribution is 2.35.